The highest BCUT2D eigenvalue weighted by Crippen LogP contribution is 2.32. The highest BCUT2D eigenvalue weighted by Gasteiger charge is 2.25. The summed E-state index contributed by atoms with van der Waals surface area (Å²) in [6.45, 7) is 12.3. The molecule has 0 saturated carbocycles. The number of carbonyl (C=O) groups is 1. The average Bonchev–Trinajstić information content (AvgIpc) is 2.65. The molecule has 1 heterocycles. The SMILES string of the molecule is Cc1cc(NS(=O)(=O)c2c(C)c(C)c(C)c(C)c2C)ccc1N1CCCCC1=O. The zero-order chi connectivity index (χ0) is 21.5. The first-order valence-corrected chi connectivity index (χ1v) is 11.5. The van der Waals surface area contributed by atoms with Crippen molar-refractivity contribution in [1.82, 2.24) is 0 Å². The maximum absolute atomic E-state index is 13.2. The van der Waals surface area contributed by atoms with Gasteiger partial charge in [-0.25, -0.2) is 8.42 Å². The van der Waals surface area contributed by atoms with E-state index in [0.717, 1.165) is 51.9 Å². The molecule has 1 aliphatic heterocycles. The largest absolute Gasteiger partial charge is 0.312 e. The molecule has 1 N–H and O–H groups in total. The highest BCUT2D eigenvalue weighted by atomic mass is 32.2. The van der Waals surface area contributed by atoms with Gasteiger partial charge in [0, 0.05) is 24.3 Å². The summed E-state index contributed by atoms with van der Waals surface area (Å²) in [6, 6.07) is 5.37. The van der Waals surface area contributed by atoms with Crippen molar-refractivity contribution in [2.24, 2.45) is 0 Å². The fraction of sp³-hybridized carbons (Fsp3) is 0.435. The number of anilines is 2. The van der Waals surface area contributed by atoms with E-state index < -0.39 is 10.0 Å². The Balaban J connectivity index is 1.96. The van der Waals surface area contributed by atoms with Crippen LogP contribution < -0.4 is 9.62 Å². The number of aryl methyl sites for hydroxylation is 1. The van der Waals surface area contributed by atoms with Gasteiger partial charge < -0.3 is 4.90 Å². The van der Waals surface area contributed by atoms with Crippen molar-refractivity contribution in [3.8, 4) is 0 Å². The number of hydrogen-bond donors (Lipinski definition) is 1. The molecule has 156 valence electrons. The van der Waals surface area contributed by atoms with Gasteiger partial charge in [0.1, 0.15) is 0 Å². The van der Waals surface area contributed by atoms with Crippen LogP contribution in [0.15, 0.2) is 23.1 Å². The van der Waals surface area contributed by atoms with E-state index in [-0.39, 0.29) is 5.91 Å². The molecule has 0 aliphatic carbocycles. The third kappa shape index (κ3) is 3.90. The Morgan fingerprint density at radius 3 is 2.00 bits per heavy atom. The van der Waals surface area contributed by atoms with Crippen molar-refractivity contribution >= 4 is 27.3 Å². The van der Waals surface area contributed by atoms with Gasteiger partial charge in [-0.05, 0) is 106 Å². The molecule has 29 heavy (non-hydrogen) atoms. The minimum atomic E-state index is -3.73. The molecule has 1 saturated heterocycles. The van der Waals surface area contributed by atoms with E-state index in [1.54, 1.807) is 17.0 Å². The van der Waals surface area contributed by atoms with Crippen LogP contribution in [0, 0.1) is 41.5 Å². The van der Waals surface area contributed by atoms with E-state index in [0.29, 0.717) is 23.5 Å². The zero-order valence-corrected chi connectivity index (χ0v) is 19.0. The van der Waals surface area contributed by atoms with Crippen LogP contribution in [-0.4, -0.2) is 20.9 Å². The maximum atomic E-state index is 13.2. The first-order chi connectivity index (χ1) is 13.5. The summed E-state index contributed by atoms with van der Waals surface area (Å²) >= 11 is 0. The number of hydrogen-bond acceptors (Lipinski definition) is 3. The molecule has 0 radical (unpaired) electrons. The van der Waals surface area contributed by atoms with E-state index in [1.807, 2.05) is 47.6 Å². The van der Waals surface area contributed by atoms with Crippen molar-refractivity contribution in [1.29, 1.82) is 0 Å². The molecule has 0 aromatic heterocycles. The topological polar surface area (TPSA) is 66.5 Å². The molecule has 0 unspecified atom stereocenters. The Morgan fingerprint density at radius 1 is 0.862 bits per heavy atom. The van der Waals surface area contributed by atoms with Crippen molar-refractivity contribution in [3.05, 3.63) is 51.6 Å². The smallest absolute Gasteiger partial charge is 0.262 e. The van der Waals surface area contributed by atoms with Crippen LogP contribution in [0.2, 0.25) is 0 Å². The van der Waals surface area contributed by atoms with Gasteiger partial charge in [-0.2, -0.15) is 0 Å². The summed E-state index contributed by atoms with van der Waals surface area (Å²) in [7, 11) is -3.73. The van der Waals surface area contributed by atoms with Crippen LogP contribution in [0.1, 0.15) is 52.6 Å². The molecule has 5 nitrogen and oxygen atoms in total. The van der Waals surface area contributed by atoms with Crippen LogP contribution in [0.5, 0.6) is 0 Å². The summed E-state index contributed by atoms with van der Waals surface area (Å²) in [5.74, 6) is 0.129. The monoisotopic (exact) mass is 414 g/mol. The first kappa shape index (κ1) is 21.4. The van der Waals surface area contributed by atoms with E-state index in [4.69, 9.17) is 0 Å². The third-order valence-electron chi connectivity index (χ3n) is 6.26. The Hall–Kier alpha value is -2.34. The summed E-state index contributed by atoms with van der Waals surface area (Å²) < 4.78 is 29.2. The minimum absolute atomic E-state index is 0.129. The van der Waals surface area contributed by atoms with Crippen molar-refractivity contribution in [3.63, 3.8) is 0 Å². The Labute approximate surface area is 174 Å². The van der Waals surface area contributed by atoms with E-state index in [9.17, 15) is 13.2 Å². The number of benzene rings is 2. The van der Waals surface area contributed by atoms with Crippen LogP contribution in [-0.2, 0) is 14.8 Å². The van der Waals surface area contributed by atoms with Crippen LogP contribution in [0.25, 0.3) is 0 Å². The Bertz CT molecular complexity index is 1060. The zero-order valence-electron chi connectivity index (χ0n) is 18.1. The number of nitrogens with one attached hydrogen (secondary N) is 1. The molecule has 1 aliphatic rings. The molecule has 1 amide bonds. The lowest BCUT2D eigenvalue weighted by Crippen LogP contribution is -2.35. The lowest BCUT2D eigenvalue weighted by atomic mass is 9.95. The van der Waals surface area contributed by atoms with Gasteiger partial charge >= 0.3 is 0 Å². The van der Waals surface area contributed by atoms with Gasteiger partial charge in [-0.3, -0.25) is 9.52 Å². The van der Waals surface area contributed by atoms with E-state index >= 15 is 0 Å². The fourth-order valence-corrected chi connectivity index (χ4v) is 5.81. The van der Waals surface area contributed by atoms with E-state index in [2.05, 4.69) is 4.72 Å². The van der Waals surface area contributed by atoms with Gasteiger partial charge in [-0.15, -0.1) is 0 Å². The number of rotatable bonds is 4. The Morgan fingerprint density at radius 2 is 1.45 bits per heavy atom. The fourth-order valence-electron chi connectivity index (χ4n) is 4.16. The molecular formula is C23H30N2O3S. The second-order valence-electron chi connectivity index (χ2n) is 8.06. The molecule has 2 aromatic carbocycles. The van der Waals surface area contributed by atoms with Gasteiger partial charge in [0.05, 0.1) is 4.90 Å². The number of sulfonamides is 1. The normalized spacial score (nSPS) is 15.0. The van der Waals surface area contributed by atoms with Crippen molar-refractivity contribution < 1.29 is 13.2 Å². The van der Waals surface area contributed by atoms with Crippen LogP contribution >= 0.6 is 0 Å². The molecular weight excluding hydrogens is 384 g/mol. The first-order valence-electron chi connectivity index (χ1n) is 10.1. The summed E-state index contributed by atoms with van der Waals surface area (Å²) in [5.41, 5.74) is 6.94. The molecule has 0 spiro atoms. The summed E-state index contributed by atoms with van der Waals surface area (Å²) in [6.07, 6.45) is 2.49. The van der Waals surface area contributed by atoms with Gasteiger partial charge in [0.2, 0.25) is 5.91 Å². The molecule has 1 fully saturated rings. The average molecular weight is 415 g/mol. The second-order valence-corrected chi connectivity index (χ2v) is 9.68. The lowest BCUT2D eigenvalue weighted by molar-refractivity contribution is -0.119. The predicted octanol–water partition coefficient (Wildman–Crippen LogP) is 4.85. The van der Waals surface area contributed by atoms with Gasteiger partial charge in [0.25, 0.3) is 10.0 Å². The lowest BCUT2D eigenvalue weighted by Gasteiger charge is -2.28. The van der Waals surface area contributed by atoms with Crippen molar-refractivity contribution in [2.75, 3.05) is 16.2 Å². The molecule has 3 rings (SSSR count). The standard InChI is InChI=1S/C23H30N2O3S/c1-14-13-20(10-11-21(14)25-12-8-7-9-22(25)26)24-29(27,28)23-18(5)16(3)15(2)17(4)19(23)6/h10-11,13,24H,7-9,12H2,1-6H3. The molecule has 6 heteroatoms. The number of amides is 1. The number of carbonyl (C=O) groups excluding carboxylic acids is 1. The second kappa shape index (κ2) is 7.82. The minimum Gasteiger partial charge on any atom is -0.312 e. The molecule has 0 bridgehead atoms. The Kier molecular flexibility index (Phi) is 5.77. The van der Waals surface area contributed by atoms with E-state index in [1.165, 1.54) is 0 Å². The number of nitrogens with zero attached hydrogens (tertiary/aromatic N) is 1. The molecule has 2 aromatic rings. The number of piperidine rings is 1. The summed E-state index contributed by atoms with van der Waals surface area (Å²) in [4.78, 5) is 14.4. The van der Waals surface area contributed by atoms with Crippen LogP contribution in [0.3, 0.4) is 0 Å². The van der Waals surface area contributed by atoms with Gasteiger partial charge in [-0.1, -0.05) is 0 Å². The van der Waals surface area contributed by atoms with Gasteiger partial charge in [0.15, 0.2) is 0 Å². The van der Waals surface area contributed by atoms with Crippen molar-refractivity contribution in [2.45, 2.75) is 65.7 Å². The third-order valence-corrected chi connectivity index (χ3v) is 7.92. The highest BCUT2D eigenvalue weighted by molar-refractivity contribution is 7.92. The predicted molar refractivity (Wildman–Crippen MR) is 118 cm³/mol. The quantitative estimate of drug-likeness (QED) is 0.777. The summed E-state index contributed by atoms with van der Waals surface area (Å²) in [5, 5.41) is 0. The maximum Gasteiger partial charge on any atom is 0.262 e. The molecule has 0 atom stereocenters. The van der Waals surface area contributed by atoms with Crippen LogP contribution in [0.4, 0.5) is 11.4 Å².